The van der Waals surface area contributed by atoms with Crippen molar-refractivity contribution < 1.29 is 28.6 Å². The van der Waals surface area contributed by atoms with E-state index in [9.17, 15) is 14.7 Å². The summed E-state index contributed by atoms with van der Waals surface area (Å²) in [6, 6.07) is 5.47. The van der Waals surface area contributed by atoms with E-state index < -0.39 is 23.5 Å². The van der Waals surface area contributed by atoms with Gasteiger partial charge in [0.2, 0.25) is 0 Å². The molecule has 1 aromatic carbocycles. The van der Waals surface area contributed by atoms with Gasteiger partial charge in [0.05, 0.1) is 26.2 Å². The lowest BCUT2D eigenvalue weighted by molar-refractivity contribution is -0.143. The summed E-state index contributed by atoms with van der Waals surface area (Å²) in [4.78, 5) is 34.1. The zero-order chi connectivity index (χ0) is 18.9. The number of anilines is 1. The van der Waals surface area contributed by atoms with Crippen LogP contribution < -0.4 is 4.90 Å². The Labute approximate surface area is 148 Å². The summed E-state index contributed by atoms with van der Waals surface area (Å²) in [5.74, 6) is -1.31. The number of hydrogen-bond donors (Lipinski definition) is 1. The third-order valence-corrected chi connectivity index (χ3v) is 4.34. The molecule has 2 heterocycles. The number of esters is 2. The molecular formula is C17H17N3O6. The summed E-state index contributed by atoms with van der Waals surface area (Å²) in [6.07, 6.45) is 2.47. The van der Waals surface area contributed by atoms with Crippen LogP contribution in [0.3, 0.4) is 0 Å². The Morgan fingerprint density at radius 2 is 2.00 bits per heavy atom. The number of phenolic OH excluding ortho intramolecular Hbond substituents is 1. The minimum Gasteiger partial charge on any atom is -0.506 e. The molecule has 0 spiro atoms. The van der Waals surface area contributed by atoms with Crippen molar-refractivity contribution in [1.29, 1.82) is 0 Å². The largest absolute Gasteiger partial charge is 0.506 e. The monoisotopic (exact) mass is 359 g/mol. The van der Waals surface area contributed by atoms with Crippen molar-refractivity contribution in [2.45, 2.75) is 18.5 Å². The van der Waals surface area contributed by atoms with Gasteiger partial charge >= 0.3 is 11.9 Å². The number of benzene rings is 1. The molecule has 2 atom stereocenters. The predicted molar refractivity (Wildman–Crippen MR) is 90.1 cm³/mol. The molecule has 0 aliphatic carbocycles. The fraction of sp³-hybridized carbons (Fsp3) is 0.294. The maximum Gasteiger partial charge on any atom is 0.360 e. The quantitative estimate of drug-likeness (QED) is 0.816. The summed E-state index contributed by atoms with van der Waals surface area (Å²) in [5, 5.41) is 10.3. The molecule has 3 rings (SSSR count). The van der Waals surface area contributed by atoms with E-state index in [0.717, 1.165) is 6.39 Å². The fourth-order valence-electron chi connectivity index (χ4n) is 2.99. The first kappa shape index (κ1) is 17.5. The van der Waals surface area contributed by atoms with Gasteiger partial charge in [-0.25, -0.2) is 14.6 Å². The molecule has 26 heavy (non-hydrogen) atoms. The van der Waals surface area contributed by atoms with Gasteiger partial charge < -0.3 is 23.9 Å². The van der Waals surface area contributed by atoms with Crippen molar-refractivity contribution >= 4 is 24.0 Å². The van der Waals surface area contributed by atoms with Gasteiger partial charge in [0.1, 0.15) is 11.3 Å². The molecule has 2 aromatic rings. The number of carbonyl (C=O) groups is 2. The van der Waals surface area contributed by atoms with E-state index in [0.29, 0.717) is 5.69 Å². The molecule has 1 N–H and O–H groups in total. The van der Waals surface area contributed by atoms with Crippen LogP contribution in [0.4, 0.5) is 5.69 Å². The molecule has 0 fully saturated rings. The topological polar surface area (TPSA) is 114 Å². The number of ether oxygens (including phenoxy) is 2. The number of rotatable bonds is 4. The molecule has 0 amide bonds. The normalized spacial score (nSPS) is 21.7. The number of oxazole rings is 1. The van der Waals surface area contributed by atoms with Gasteiger partial charge in [0.25, 0.3) is 0 Å². The van der Waals surface area contributed by atoms with Crippen LogP contribution in [0.1, 0.15) is 23.2 Å². The maximum atomic E-state index is 12.3. The lowest BCUT2D eigenvalue weighted by Gasteiger charge is -2.36. The molecule has 0 saturated heterocycles. The fourth-order valence-corrected chi connectivity index (χ4v) is 2.99. The van der Waals surface area contributed by atoms with Crippen molar-refractivity contribution in [3.8, 4) is 5.75 Å². The van der Waals surface area contributed by atoms with E-state index in [4.69, 9.17) is 13.9 Å². The van der Waals surface area contributed by atoms with Crippen molar-refractivity contribution in [2.75, 3.05) is 19.1 Å². The molecule has 1 unspecified atom stereocenters. The second-order valence-corrected chi connectivity index (χ2v) is 5.72. The van der Waals surface area contributed by atoms with Gasteiger partial charge in [-0.05, 0) is 19.1 Å². The molecule has 9 nitrogen and oxygen atoms in total. The number of phenols is 1. The van der Waals surface area contributed by atoms with Crippen LogP contribution >= 0.6 is 0 Å². The average molecular weight is 359 g/mol. The van der Waals surface area contributed by atoms with E-state index in [2.05, 4.69) is 9.98 Å². The Kier molecular flexibility index (Phi) is 4.37. The first-order chi connectivity index (χ1) is 12.4. The number of aromatic hydroxyl groups is 1. The number of hydrogen-bond acceptors (Lipinski definition) is 9. The Hall–Kier alpha value is -3.36. The number of para-hydroxylation sites is 2. The zero-order valence-electron chi connectivity index (χ0n) is 14.4. The lowest BCUT2D eigenvalue weighted by atomic mass is 9.87. The summed E-state index contributed by atoms with van der Waals surface area (Å²) in [5.41, 5.74) is -1.03. The molecule has 0 bridgehead atoms. The molecule has 9 heteroatoms. The van der Waals surface area contributed by atoms with E-state index in [1.807, 2.05) is 0 Å². The van der Waals surface area contributed by atoms with Gasteiger partial charge in [-0.2, -0.15) is 0 Å². The van der Waals surface area contributed by atoms with Crippen LogP contribution in [-0.4, -0.2) is 48.6 Å². The summed E-state index contributed by atoms with van der Waals surface area (Å²) < 4.78 is 15.1. The standard InChI is InChI=1S/C17H17N3O6/c1-17(14-12(15(22)24-2)19-9-26-14)13(16(23)25-3)18-8-20(17)10-6-4-5-7-11(10)21/h4-9,13,21H,1-3H3/t13-,17?/m0/s1. The second kappa shape index (κ2) is 6.51. The van der Waals surface area contributed by atoms with Crippen molar-refractivity contribution in [2.24, 2.45) is 4.99 Å². The maximum absolute atomic E-state index is 12.3. The average Bonchev–Trinajstić information content (AvgIpc) is 3.26. The zero-order valence-corrected chi connectivity index (χ0v) is 14.4. The van der Waals surface area contributed by atoms with Crippen molar-refractivity contribution in [1.82, 2.24) is 4.98 Å². The number of methoxy groups -OCH3 is 2. The Morgan fingerprint density at radius 3 is 2.65 bits per heavy atom. The molecule has 1 aromatic heterocycles. The molecule has 1 aliphatic heterocycles. The van der Waals surface area contributed by atoms with Gasteiger partial charge in [-0.1, -0.05) is 12.1 Å². The Bertz CT molecular complexity index is 877. The van der Waals surface area contributed by atoms with Crippen LogP contribution in [0.25, 0.3) is 0 Å². The van der Waals surface area contributed by atoms with E-state index in [1.54, 1.807) is 25.1 Å². The minimum absolute atomic E-state index is 0.0326. The van der Waals surface area contributed by atoms with Crippen LogP contribution in [0.2, 0.25) is 0 Å². The highest BCUT2D eigenvalue weighted by Gasteiger charge is 2.54. The lowest BCUT2D eigenvalue weighted by Crippen LogP contribution is -2.50. The molecule has 136 valence electrons. The number of aliphatic imine (C=N–C) groups is 1. The highest BCUT2D eigenvalue weighted by Crippen LogP contribution is 2.44. The van der Waals surface area contributed by atoms with E-state index in [-0.39, 0.29) is 17.2 Å². The molecule has 0 saturated carbocycles. The van der Waals surface area contributed by atoms with Crippen LogP contribution in [0.5, 0.6) is 5.75 Å². The Morgan fingerprint density at radius 1 is 1.27 bits per heavy atom. The predicted octanol–water partition coefficient (Wildman–Crippen LogP) is 1.47. The van der Waals surface area contributed by atoms with Gasteiger partial charge in [-0.15, -0.1) is 0 Å². The highest BCUT2D eigenvalue weighted by atomic mass is 16.5. The first-order valence-corrected chi connectivity index (χ1v) is 7.65. The summed E-state index contributed by atoms with van der Waals surface area (Å²) >= 11 is 0. The number of aromatic nitrogens is 1. The van der Waals surface area contributed by atoms with Crippen molar-refractivity contribution in [3.05, 3.63) is 42.1 Å². The summed E-state index contributed by atoms with van der Waals surface area (Å²) in [7, 11) is 2.45. The van der Waals surface area contributed by atoms with Crippen LogP contribution in [-0.2, 0) is 19.8 Å². The molecule has 1 aliphatic rings. The van der Waals surface area contributed by atoms with Crippen LogP contribution in [0, 0.1) is 0 Å². The third kappa shape index (κ3) is 2.48. The second-order valence-electron chi connectivity index (χ2n) is 5.72. The molecular weight excluding hydrogens is 342 g/mol. The van der Waals surface area contributed by atoms with Crippen molar-refractivity contribution in [3.63, 3.8) is 0 Å². The van der Waals surface area contributed by atoms with Gasteiger partial charge in [-0.3, -0.25) is 4.99 Å². The minimum atomic E-state index is -1.31. The van der Waals surface area contributed by atoms with Crippen LogP contribution in [0.15, 0.2) is 40.1 Å². The number of nitrogens with zero attached hydrogens (tertiary/aromatic N) is 3. The molecule has 0 radical (unpaired) electrons. The first-order valence-electron chi connectivity index (χ1n) is 7.65. The van der Waals surface area contributed by atoms with Gasteiger partial charge in [0.15, 0.2) is 23.9 Å². The SMILES string of the molecule is COC(=O)c1ncoc1C1(C)[C@H](C(=O)OC)N=CN1c1ccccc1O. The van der Waals surface area contributed by atoms with E-state index in [1.165, 1.54) is 31.5 Å². The van der Waals surface area contributed by atoms with E-state index >= 15 is 0 Å². The third-order valence-electron chi connectivity index (χ3n) is 4.34. The van der Waals surface area contributed by atoms with Gasteiger partial charge in [0, 0.05) is 0 Å². The Balaban J connectivity index is 2.20. The smallest absolute Gasteiger partial charge is 0.360 e. The number of carbonyl (C=O) groups excluding carboxylic acids is 2. The summed E-state index contributed by atoms with van der Waals surface area (Å²) in [6.45, 7) is 1.64. The highest BCUT2D eigenvalue weighted by molar-refractivity contribution is 5.96.